The first-order valence-electron chi connectivity index (χ1n) is 26.6. The molecule has 0 aromatic heterocycles. The normalized spacial score (nSPS) is 37.7. The van der Waals surface area contributed by atoms with Gasteiger partial charge in [-0.1, -0.05) is 71.1 Å². The summed E-state index contributed by atoms with van der Waals surface area (Å²) in [4.78, 5) is 72.7. The first kappa shape index (κ1) is 61.1. The van der Waals surface area contributed by atoms with Crippen molar-refractivity contribution in [1.29, 1.82) is 0 Å². The summed E-state index contributed by atoms with van der Waals surface area (Å²) in [5, 5.41) is 32.7. The Morgan fingerprint density at radius 2 is 1.60 bits per heavy atom. The molecule has 1 aliphatic carbocycles. The number of esters is 1. The first-order valence-corrected chi connectivity index (χ1v) is 26.6. The predicted octanol–water partition coefficient (Wildman–Crippen LogP) is 6.60. The Balaban J connectivity index is 1.71. The van der Waals surface area contributed by atoms with Crippen molar-refractivity contribution in [3.8, 4) is 0 Å². The number of nitrogens with zero attached hydrogens (tertiary/aromatic N) is 1. The number of allylic oxidation sites excluding steroid dienone is 6. The minimum Gasteiger partial charge on any atom is -0.460 e. The summed E-state index contributed by atoms with van der Waals surface area (Å²) >= 11 is 0. The lowest BCUT2D eigenvalue weighted by atomic mass is 9.77. The van der Waals surface area contributed by atoms with Crippen LogP contribution in [0.1, 0.15) is 132 Å². The van der Waals surface area contributed by atoms with E-state index in [1.165, 1.54) is 12.0 Å². The predicted molar refractivity (Wildman–Crippen MR) is 271 cm³/mol. The number of cyclic esters (lactones) is 1. The zero-order valence-corrected chi connectivity index (χ0v) is 45.0. The number of ether oxygens (including phenoxy) is 7. The van der Waals surface area contributed by atoms with Gasteiger partial charge in [0.1, 0.15) is 30.1 Å². The van der Waals surface area contributed by atoms with Gasteiger partial charge in [0, 0.05) is 71.7 Å². The van der Waals surface area contributed by atoms with Crippen LogP contribution in [0.15, 0.2) is 47.6 Å². The summed E-state index contributed by atoms with van der Waals surface area (Å²) in [6.07, 6.45) is 12.5. The second-order valence-corrected chi connectivity index (χ2v) is 21.1. The quantitative estimate of drug-likeness (QED) is 0.0767. The van der Waals surface area contributed by atoms with Crippen molar-refractivity contribution >= 4 is 29.2 Å². The van der Waals surface area contributed by atoms with Crippen LogP contribution in [0.25, 0.3) is 0 Å². The van der Waals surface area contributed by atoms with E-state index < -0.39 is 83.7 Å². The van der Waals surface area contributed by atoms with Crippen LogP contribution in [0.3, 0.4) is 0 Å². The number of aliphatic hydroxyl groups is 3. The first-order chi connectivity index (χ1) is 34.3. The maximum Gasteiger partial charge on any atom is 0.329 e. The maximum absolute atomic E-state index is 14.6. The van der Waals surface area contributed by atoms with Crippen LogP contribution < -0.4 is 0 Å². The third kappa shape index (κ3) is 17.3. The topological polar surface area (TPSA) is 214 Å². The van der Waals surface area contributed by atoms with E-state index in [-0.39, 0.29) is 61.6 Å². The highest BCUT2D eigenvalue weighted by molar-refractivity contribution is 6.39. The van der Waals surface area contributed by atoms with Crippen molar-refractivity contribution < 1.29 is 72.5 Å². The van der Waals surface area contributed by atoms with Crippen LogP contribution in [0.2, 0.25) is 0 Å². The van der Waals surface area contributed by atoms with E-state index in [0.717, 1.165) is 18.4 Å². The Hall–Kier alpha value is -3.45. The molecule has 0 aromatic carbocycles. The van der Waals surface area contributed by atoms with Gasteiger partial charge in [0.05, 0.1) is 37.6 Å². The van der Waals surface area contributed by atoms with Crippen LogP contribution in [-0.4, -0.2) is 158 Å². The Morgan fingerprint density at radius 1 is 0.847 bits per heavy atom. The van der Waals surface area contributed by atoms with Crippen molar-refractivity contribution in [3.05, 3.63) is 47.6 Å². The molecule has 72 heavy (non-hydrogen) atoms. The van der Waals surface area contributed by atoms with Crippen molar-refractivity contribution in [2.75, 3.05) is 54.3 Å². The van der Waals surface area contributed by atoms with Crippen molar-refractivity contribution in [1.82, 2.24) is 4.90 Å². The van der Waals surface area contributed by atoms with Crippen LogP contribution in [0, 0.1) is 35.5 Å². The number of hydrogen-bond acceptors (Lipinski definition) is 15. The van der Waals surface area contributed by atoms with Gasteiger partial charge >= 0.3 is 5.97 Å². The van der Waals surface area contributed by atoms with Gasteiger partial charge in [-0.3, -0.25) is 19.2 Å². The van der Waals surface area contributed by atoms with E-state index in [2.05, 4.69) is 0 Å². The Morgan fingerprint density at radius 3 is 2.29 bits per heavy atom. The smallest absolute Gasteiger partial charge is 0.329 e. The molecule has 4 aliphatic rings. The number of fused-ring (bicyclic) bond motifs is 3. The van der Waals surface area contributed by atoms with Gasteiger partial charge in [0.2, 0.25) is 5.79 Å². The number of methoxy groups -OCH3 is 3. The summed E-state index contributed by atoms with van der Waals surface area (Å²) < 4.78 is 41.8. The maximum atomic E-state index is 14.6. The SMILES string of the molecule is CO[C@H]1CCC(OCCOCCCO)[C@@H](C[C@@H](C)[C@@H]2CC(=O)[C@H](C)/C=C(\C)[C@@H](O)[C@@H](OC)C(=O)[C@@H](C)C[C@H](C)\C=C/C=C/C=C(\C)[C@@H](OC)C[C@@H]3CC[C@@H](C)[C@@](O)(O3)C(=O)C(=O)N3CCCCC3C(=O)O2)C1. The van der Waals surface area contributed by atoms with Crippen LogP contribution in [0.4, 0.5) is 0 Å². The minimum atomic E-state index is -2.45. The zero-order chi connectivity index (χ0) is 53.1. The van der Waals surface area contributed by atoms with Gasteiger partial charge in [-0.25, -0.2) is 4.79 Å². The second kappa shape index (κ2) is 30.2. The van der Waals surface area contributed by atoms with Crippen LogP contribution in [0.5, 0.6) is 0 Å². The monoisotopic (exact) mass is 1020 g/mol. The zero-order valence-electron chi connectivity index (χ0n) is 45.0. The number of ketones is 3. The minimum absolute atomic E-state index is 0.00935. The second-order valence-electron chi connectivity index (χ2n) is 21.1. The lowest BCUT2D eigenvalue weighted by molar-refractivity contribution is -0.265. The molecule has 2 unspecified atom stereocenters. The number of Topliss-reactive ketones (excluding diaryl/α,β-unsaturated/α-hetero) is 3. The summed E-state index contributed by atoms with van der Waals surface area (Å²) in [6.45, 7) is 13.9. The third-order valence-corrected chi connectivity index (χ3v) is 15.5. The molecule has 1 saturated carbocycles. The number of amides is 1. The lowest BCUT2D eigenvalue weighted by Crippen LogP contribution is -2.61. The number of piperidine rings is 1. The molecule has 3 heterocycles. The molecule has 4 rings (SSSR count). The average molecular weight is 1020 g/mol. The summed E-state index contributed by atoms with van der Waals surface area (Å²) in [7, 11) is 4.64. The van der Waals surface area contributed by atoms with Gasteiger partial charge in [-0.05, 0) is 113 Å². The molecule has 16 heteroatoms. The number of aliphatic hydroxyl groups excluding tert-OH is 2. The Kier molecular flexibility index (Phi) is 25.6. The third-order valence-electron chi connectivity index (χ3n) is 15.5. The molecule has 0 radical (unpaired) electrons. The number of carbonyl (C=O) groups excluding carboxylic acids is 5. The summed E-state index contributed by atoms with van der Waals surface area (Å²) in [5.41, 5.74) is 1.25. The van der Waals surface area contributed by atoms with Gasteiger partial charge in [0.25, 0.3) is 11.7 Å². The molecular weight excluding hydrogens is 927 g/mol. The highest BCUT2D eigenvalue weighted by Gasteiger charge is 2.53. The molecule has 1 amide bonds. The number of hydrogen-bond donors (Lipinski definition) is 3. The van der Waals surface area contributed by atoms with Gasteiger partial charge in [-0.15, -0.1) is 0 Å². The Bertz CT molecular complexity index is 1880. The van der Waals surface area contributed by atoms with E-state index in [1.54, 1.807) is 41.1 Å². The molecule has 0 spiro atoms. The van der Waals surface area contributed by atoms with E-state index in [4.69, 9.17) is 38.3 Å². The highest BCUT2D eigenvalue weighted by Crippen LogP contribution is 2.38. The Labute approximate surface area is 429 Å². The van der Waals surface area contributed by atoms with E-state index in [1.807, 2.05) is 58.1 Å². The number of rotatable bonds is 13. The van der Waals surface area contributed by atoms with Gasteiger partial charge in [-0.2, -0.15) is 0 Å². The average Bonchev–Trinajstić information content (AvgIpc) is 3.36. The molecule has 15 atom stereocenters. The summed E-state index contributed by atoms with van der Waals surface area (Å²) in [6, 6.07) is -1.17. The lowest BCUT2D eigenvalue weighted by Gasteiger charge is -2.42. The fraction of sp³-hybridized carbons (Fsp3) is 0.768. The molecule has 2 bridgehead atoms. The summed E-state index contributed by atoms with van der Waals surface area (Å²) in [5.74, 6) is -8.30. The van der Waals surface area contributed by atoms with Crippen molar-refractivity contribution in [2.24, 2.45) is 35.5 Å². The van der Waals surface area contributed by atoms with Crippen LogP contribution in [-0.2, 0) is 57.1 Å². The molecule has 2 saturated heterocycles. The van der Waals surface area contributed by atoms with Gasteiger partial charge in [0.15, 0.2) is 5.78 Å². The largest absolute Gasteiger partial charge is 0.460 e. The van der Waals surface area contributed by atoms with Gasteiger partial charge < -0.3 is 53.4 Å². The molecular formula is C56H89NO15. The van der Waals surface area contributed by atoms with Crippen LogP contribution >= 0.6 is 0 Å². The standard InChI is InChI=1S/C56H89NO15/c1-35-17-12-11-13-18-36(2)48(67-9)33-44-21-20-41(7)56(65,72-44)53(62)54(63)57-24-15-14-19-45(57)55(64)71-49(34-46(59)37(3)30-40(6)51(61)52(68-10)50(60)39(5)29-35)38(4)31-42-32-43(66-8)22-23-47(42)70-28-27-69-26-16-25-58/h11-13,17-18,30,35,37-39,41-45,47-49,51-52,58,61,65H,14-16,19-29,31-34H2,1-10H3/b13-11+,17-12-,36-18+,40-30+/t35-,37-,38-,39+,41-,42+,43+,44+,45?,47?,48+,49+,51-,52+,56-/m1/s1. The highest BCUT2D eigenvalue weighted by atomic mass is 16.6. The number of carbonyl (C=O) groups is 5. The van der Waals surface area contributed by atoms with Crippen molar-refractivity contribution in [3.63, 3.8) is 0 Å². The van der Waals surface area contributed by atoms with E-state index >= 15 is 0 Å². The molecule has 16 nitrogen and oxygen atoms in total. The molecule has 0 aromatic rings. The molecule has 3 fully saturated rings. The molecule has 3 N–H and O–H groups in total. The van der Waals surface area contributed by atoms with Crippen molar-refractivity contribution in [2.45, 2.75) is 186 Å². The van der Waals surface area contributed by atoms with E-state index in [0.29, 0.717) is 83.2 Å². The molecule has 408 valence electrons. The van der Waals surface area contributed by atoms with E-state index in [9.17, 15) is 34.2 Å². The molecule has 3 aliphatic heterocycles. The fourth-order valence-corrected chi connectivity index (χ4v) is 10.8. The fourth-order valence-electron chi connectivity index (χ4n) is 10.8.